The highest BCUT2D eigenvalue weighted by Gasteiger charge is 2.49. The highest BCUT2D eigenvalue weighted by Crippen LogP contribution is 2.44. The van der Waals surface area contributed by atoms with Gasteiger partial charge >= 0.3 is 0 Å². The lowest BCUT2D eigenvalue weighted by molar-refractivity contribution is 0.132. The van der Waals surface area contributed by atoms with Crippen LogP contribution in [-0.4, -0.2) is 34.0 Å². The number of piperidine rings is 1. The minimum atomic E-state index is -0.459. The van der Waals surface area contributed by atoms with Crippen molar-refractivity contribution in [3.8, 4) is 6.07 Å². The summed E-state index contributed by atoms with van der Waals surface area (Å²) in [5.74, 6) is 0.715. The molecule has 2 fully saturated rings. The van der Waals surface area contributed by atoms with E-state index in [1.807, 2.05) is 0 Å². The Balaban J connectivity index is 1.98. The molecule has 3 rings (SSSR count). The Morgan fingerprint density at radius 1 is 1.29 bits per heavy atom. The van der Waals surface area contributed by atoms with Gasteiger partial charge in [-0.25, -0.2) is 9.97 Å². The average Bonchev–Trinajstić information content (AvgIpc) is 2.63. The molecule has 1 aromatic rings. The molecule has 2 aliphatic rings. The summed E-state index contributed by atoms with van der Waals surface area (Å²) in [5, 5.41) is 9.60. The zero-order chi connectivity index (χ0) is 11.9. The SMILES string of the molecule is CN1C2CCC1CC(C#N)(c1ncccn1)C2. The van der Waals surface area contributed by atoms with E-state index in [0.29, 0.717) is 17.9 Å². The number of nitrogens with zero attached hydrogens (tertiary/aromatic N) is 4. The third-order valence-electron chi connectivity index (χ3n) is 4.36. The van der Waals surface area contributed by atoms with E-state index in [-0.39, 0.29) is 0 Å². The zero-order valence-electron chi connectivity index (χ0n) is 10.0. The molecule has 4 nitrogen and oxygen atoms in total. The number of nitriles is 1. The van der Waals surface area contributed by atoms with Crippen molar-refractivity contribution < 1.29 is 0 Å². The molecule has 2 saturated heterocycles. The van der Waals surface area contributed by atoms with Crippen LogP contribution < -0.4 is 0 Å². The van der Waals surface area contributed by atoms with E-state index in [1.54, 1.807) is 18.5 Å². The molecule has 2 aliphatic heterocycles. The number of fused-ring (bicyclic) bond motifs is 2. The third-order valence-corrected chi connectivity index (χ3v) is 4.36. The second-order valence-electron chi connectivity index (χ2n) is 5.23. The maximum atomic E-state index is 9.60. The van der Waals surface area contributed by atoms with E-state index >= 15 is 0 Å². The van der Waals surface area contributed by atoms with Gasteiger partial charge in [0, 0.05) is 24.5 Å². The van der Waals surface area contributed by atoms with Crippen LogP contribution in [0.5, 0.6) is 0 Å². The molecule has 2 bridgehead atoms. The molecule has 0 saturated carbocycles. The van der Waals surface area contributed by atoms with Gasteiger partial charge in [0.25, 0.3) is 0 Å². The predicted octanol–water partition coefficient (Wildman–Crippen LogP) is 1.49. The summed E-state index contributed by atoms with van der Waals surface area (Å²) in [6.07, 6.45) is 7.64. The molecule has 0 spiro atoms. The Morgan fingerprint density at radius 3 is 2.41 bits per heavy atom. The summed E-state index contributed by atoms with van der Waals surface area (Å²) < 4.78 is 0. The van der Waals surface area contributed by atoms with Crippen LogP contribution in [0.15, 0.2) is 18.5 Å². The molecule has 0 aliphatic carbocycles. The smallest absolute Gasteiger partial charge is 0.148 e. The van der Waals surface area contributed by atoms with Gasteiger partial charge in [0.05, 0.1) is 6.07 Å². The summed E-state index contributed by atoms with van der Waals surface area (Å²) in [6.45, 7) is 0. The highest BCUT2D eigenvalue weighted by atomic mass is 15.2. The summed E-state index contributed by atoms with van der Waals surface area (Å²) in [5.41, 5.74) is -0.459. The molecule has 0 aromatic carbocycles. The van der Waals surface area contributed by atoms with Crippen molar-refractivity contribution in [2.75, 3.05) is 7.05 Å². The molecule has 4 heteroatoms. The number of rotatable bonds is 1. The second-order valence-corrected chi connectivity index (χ2v) is 5.23. The van der Waals surface area contributed by atoms with E-state index in [9.17, 15) is 5.26 Å². The van der Waals surface area contributed by atoms with Gasteiger partial charge in [0.2, 0.25) is 0 Å². The number of aromatic nitrogens is 2. The van der Waals surface area contributed by atoms with Crippen LogP contribution >= 0.6 is 0 Å². The number of hydrogen-bond donors (Lipinski definition) is 0. The van der Waals surface area contributed by atoms with Gasteiger partial charge in [-0.05, 0) is 38.8 Å². The lowest BCUT2D eigenvalue weighted by atomic mass is 9.75. The van der Waals surface area contributed by atoms with Crippen LogP contribution in [0.1, 0.15) is 31.5 Å². The van der Waals surface area contributed by atoms with Gasteiger partial charge in [-0.3, -0.25) is 0 Å². The molecule has 0 amide bonds. The molecule has 17 heavy (non-hydrogen) atoms. The molecular weight excluding hydrogens is 212 g/mol. The molecule has 1 aromatic heterocycles. The van der Waals surface area contributed by atoms with Crippen LogP contribution in [0.4, 0.5) is 0 Å². The molecule has 2 atom stereocenters. The van der Waals surface area contributed by atoms with Crippen molar-refractivity contribution in [2.24, 2.45) is 0 Å². The lowest BCUT2D eigenvalue weighted by Gasteiger charge is -2.40. The Hall–Kier alpha value is -1.47. The monoisotopic (exact) mass is 228 g/mol. The van der Waals surface area contributed by atoms with Crippen molar-refractivity contribution in [3.63, 3.8) is 0 Å². The van der Waals surface area contributed by atoms with Crippen LogP contribution in [0.3, 0.4) is 0 Å². The Bertz CT molecular complexity index is 436. The van der Waals surface area contributed by atoms with E-state index in [1.165, 1.54) is 12.8 Å². The van der Waals surface area contributed by atoms with E-state index in [4.69, 9.17) is 0 Å². The normalized spacial score (nSPS) is 36.7. The average molecular weight is 228 g/mol. The molecule has 3 heterocycles. The van der Waals surface area contributed by atoms with Gasteiger partial charge in [-0.15, -0.1) is 0 Å². The maximum Gasteiger partial charge on any atom is 0.148 e. The topological polar surface area (TPSA) is 52.8 Å². The zero-order valence-corrected chi connectivity index (χ0v) is 10.0. The highest BCUT2D eigenvalue weighted by molar-refractivity contribution is 5.25. The van der Waals surface area contributed by atoms with Gasteiger partial charge in [0.15, 0.2) is 0 Å². The van der Waals surface area contributed by atoms with Crippen LogP contribution in [0.2, 0.25) is 0 Å². The molecule has 88 valence electrons. The van der Waals surface area contributed by atoms with Crippen molar-refractivity contribution in [3.05, 3.63) is 24.3 Å². The quantitative estimate of drug-likeness (QED) is 0.731. The molecule has 0 radical (unpaired) electrons. The Morgan fingerprint density at radius 2 is 1.88 bits per heavy atom. The van der Waals surface area contributed by atoms with Gasteiger partial charge in [0.1, 0.15) is 11.2 Å². The van der Waals surface area contributed by atoms with Gasteiger partial charge < -0.3 is 4.90 Å². The van der Waals surface area contributed by atoms with E-state index < -0.39 is 5.41 Å². The summed E-state index contributed by atoms with van der Waals surface area (Å²) >= 11 is 0. The van der Waals surface area contributed by atoms with Crippen molar-refractivity contribution >= 4 is 0 Å². The Labute approximate surface area is 101 Å². The van der Waals surface area contributed by atoms with Gasteiger partial charge in [-0.1, -0.05) is 0 Å². The first-order chi connectivity index (χ1) is 8.25. The minimum Gasteiger partial charge on any atom is -0.300 e. The maximum absolute atomic E-state index is 9.60. The molecule has 0 N–H and O–H groups in total. The molecular formula is C13H16N4. The van der Waals surface area contributed by atoms with Crippen LogP contribution in [-0.2, 0) is 5.41 Å². The number of hydrogen-bond acceptors (Lipinski definition) is 4. The standard InChI is InChI=1S/C13H16N4/c1-17-10-3-4-11(17)8-13(7-10,9-14)12-15-5-2-6-16-12/h2,5-6,10-11H,3-4,7-8H2,1H3. The summed E-state index contributed by atoms with van der Waals surface area (Å²) in [6, 6.07) is 5.36. The first-order valence-corrected chi connectivity index (χ1v) is 6.16. The molecule has 2 unspecified atom stereocenters. The first kappa shape index (κ1) is 10.7. The predicted molar refractivity (Wildman–Crippen MR) is 63.1 cm³/mol. The lowest BCUT2D eigenvalue weighted by Crippen LogP contribution is -2.47. The first-order valence-electron chi connectivity index (χ1n) is 6.16. The van der Waals surface area contributed by atoms with Crippen molar-refractivity contribution in [2.45, 2.75) is 43.2 Å². The van der Waals surface area contributed by atoms with Crippen LogP contribution in [0, 0.1) is 11.3 Å². The summed E-state index contributed by atoms with van der Waals surface area (Å²) in [4.78, 5) is 11.1. The third kappa shape index (κ3) is 1.54. The van der Waals surface area contributed by atoms with E-state index in [0.717, 1.165) is 12.8 Å². The van der Waals surface area contributed by atoms with E-state index in [2.05, 4.69) is 28.0 Å². The Kier molecular flexibility index (Phi) is 2.37. The van der Waals surface area contributed by atoms with Crippen molar-refractivity contribution in [1.29, 1.82) is 5.26 Å². The fraction of sp³-hybridized carbons (Fsp3) is 0.615. The largest absolute Gasteiger partial charge is 0.300 e. The van der Waals surface area contributed by atoms with Crippen molar-refractivity contribution in [1.82, 2.24) is 14.9 Å². The van der Waals surface area contributed by atoms with Crippen LogP contribution in [0.25, 0.3) is 0 Å². The second kappa shape index (κ2) is 3.78. The fourth-order valence-electron chi connectivity index (χ4n) is 3.34. The minimum absolute atomic E-state index is 0.459. The summed E-state index contributed by atoms with van der Waals surface area (Å²) in [7, 11) is 2.18. The fourth-order valence-corrected chi connectivity index (χ4v) is 3.34. The van der Waals surface area contributed by atoms with Gasteiger partial charge in [-0.2, -0.15) is 5.26 Å².